The highest BCUT2D eigenvalue weighted by atomic mass is 19.4. The first-order valence-corrected chi connectivity index (χ1v) is 12.8. The Morgan fingerprint density at radius 2 is 1.97 bits per heavy atom. The van der Waals surface area contributed by atoms with E-state index in [1.165, 1.54) is 12.1 Å². The number of fused-ring (bicyclic) bond motifs is 1. The minimum Gasteiger partial charge on any atom is -0.378 e. The summed E-state index contributed by atoms with van der Waals surface area (Å²) in [6, 6.07) is 7.85. The van der Waals surface area contributed by atoms with Crippen molar-refractivity contribution >= 4 is 11.6 Å². The fourth-order valence-corrected chi connectivity index (χ4v) is 6.41. The normalized spacial score (nSPS) is 36.9. The molecule has 4 heterocycles. The molecular formula is C25H32F4N6O2. The van der Waals surface area contributed by atoms with E-state index in [0.717, 1.165) is 0 Å². The molecule has 4 aliphatic rings. The van der Waals surface area contributed by atoms with Crippen molar-refractivity contribution in [2.24, 2.45) is 5.92 Å². The number of anilines is 1. The number of nitriles is 1. The molecule has 0 spiro atoms. The Morgan fingerprint density at radius 3 is 2.62 bits per heavy atom. The number of amides is 1. The summed E-state index contributed by atoms with van der Waals surface area (Å²) >= 11 is 0. The predicted molar refractivity (Wildman–Crippen MR) is 127 cm³/mol. The van der Waals surface area contributed by atoms with Crippen molar-refractivity contribution in [1.82, 2.24) is 21.1 Å². The van der Waals surface area contributed by atoms with Crippen LogP contribution in [0.4, 0.5) is 23.2 Å². The molecule has 0 aliphatic carbocycles. The van der Waals surface area contributed by atoms with E-state index in [0.29, 0.717) is 51.1 Å². The molecule has 12 heteroatoms. The molecule has 202 valence electrons. The summed E-state index contributed by atoms with van der Waals surface area (Å²) in [7, 11) is 0. The van der Waals surface area contributed by atoms with Crippen LogP contribution in [-0.2, 0) is 15.1 Å². The van der Waals surface area contributed by atoms with E-state index in [1.807, 2.05) is 0 Å². The van der Waals surface area contributed by atoms with Crippen molar-refractivity contribution in [1.29, 1.82) is 5.26 Å². The second kappa shape index (κ2) is 10.0. The average Bonchev–Trinajstić information content (AvgIpc) is 3.26. The number of alkyl halides is 4. The average molecular weight is 525 g/mol. The van der Waals surface area contributed by atoms with E-state index in [2.05, 4.69) is 27.4 Å². The van der Waals surface area contributed by atoms with Crippen molar-refractivity contribution in [2.75, 3.05) is 31.6 Å². The maximum absolute atomic E-state index is 15.3. The summed E-state index contributed by atoms with van der Waals surface area (Å²) in [5.74, 6) is -0.780. The van der Waals surface area contributed by atoms with Gasteiger partial charge in [0.15, 0.2) is 0 Å². The first-order chi connectivity index (χ1) is 17.7. The standard InChI is InChI=1S/C25H32F4N6O2/c26-19-15-37-14-10-23(19,9-11-30)35-18-7-13-31-22(36)20(18)21(34-35)33-17-5-3-16(4-6-17)24(25(27,28)29)8-1-2-12-32-24/h3-6,18-21,32-34H,1-2,7-10,12-15H2,(H,31,36)/t18?,19-,20?,21?,23+,24-/m0/s1. The molecule has 37 heavy (non-hydrogen) atoms. The van der Waals surface area contributed by atoms with E-state index in [4.69, 9.17) is 4.74 Å². The van der Waals surface area contributed by atoms with Crippen LogP contribution in [0.15, 0.2) is 24.3 Å². The Hall–Kier alpha value is -2.46. The molecule has 0 radical (unpaired) electrons. The largest absolute Gasteiger partial charge is 0.410 e. The minimum atomic E-state index is -4.44. The lowest BCUT2D eigenvalue weighted by atomic mass is 9.81. The van der Waals surface area contributed by atoms with Gasteiger partial charge in [0.2, 0.25) is 5.91 Å². The molecule has 6 atom stereocenters. The zero-order valence-corrected chi connectivity index (χ0v) is 20.4. The molecule has 1 amide bonds. The fraction of sp³-hybridized carbons (Fsp3) is 0.680. The SMILES string of the molecule is N#CC[C@@]1(N2NC(Nc3ccc([C@]4(C(F)(F)F)CCCCN4)cc3)C3C(=O)NCCC32)CCOC[C@@H]1F. The fourth-order valence-electron chi connectivity index (χ4n) is 6.41. The maximum Gasteiger partial charge on any atom is 0.410 e. The third-order valence-electron chi connectivity index (χ3n) is 8.41. The van der Waals surface area contributed by atoms with Crippen LogP contribution in [0.1, 0.15) is 44.1 Å². The van der Waals surface area contributed by atoms with E-state index >= 15 is 4.39 Å². The predicted octanol–water partition coefficient (Wildman–Crippen LogP) is 2.69. The number of benzene rings is 1. The van der Waals surface area contributed by atoms with Crippen LogP contribution in [0.3, 0.4) is 0 Å². The minimum absolute atomic E-state index is 0.0264. The maximum atomic E-state index is 15.3. The highest BCUT2D eigenvalue weighted by Crippen LogP contribution is 2.45. The van der Waals surface area contributed by atoms with Crippen LogP contribution in [0.2, 0.25) is 0 Å². The van der Waals surface area contributed by atoms with Gasteiger partial charge in [0, 0.05) is 24.9 Å². The Balaban J connectivity index is 1.40. The summed E-state index contributed by atoms with van der Waals surface area (Å²) in [6.45, 7) is 0.906. The first kappa shape index (κ1) is 26.2. The van der Waals surface area contributed by atoms with Crippen molar-refractivity contribution in [3.63, 3.8) is 0 Å². The zero-order valence-electron chi connectivity index (χ0n) is 20.4. The lowest BCUT2D eigenvalue weighted by Crippen LogP contribution is -2.65. The summed E-state index contributed by atoms with van der Waals surface area (Å²) < 4.78 is 62.9. The number of hydrogen-bond acceptors (Lipinski definition) is 7. The molecule has 4 aliphatic heterocycles. The van der Waals surface area contributed by atoms with Gasteiger partial charge in [-0.2, -0.15) is 18.4 Å². The molecule has 4 saturated heterocycles. The first-order valence-electron chi connectivity index (χ1n) is 12.8. The van der Waals surface area contributed by atoms with E-state index in [9.17, 15) is 23.2 Å². The second-order valence-electron chi connectivity index (χ2n) is 10.4. The summed E-state index contributed by atoms with van der Waals surface area (Å²) in [4.78, 5) is 12.9. The van der Waals surface area contributed by atoms with Crippen molar-refractivity contribution in [3.05, 3.63) is 29.8 Å². The molecule has 3 unspecified atom stereocenters. The van der Waals surface area contributed by atoms with Gasteiger partial charge in [-0.3, -0.25) is 10.1 Å². The number of carbonyl (C=O) groups is 1. The molecule has 0 saturated carbocycles. The van der Waals surface area contributed by atoms with Crippen LogP contribution < -0.4 is 21.4 Å². The molecule has 5 rings (SSSR count). The van der Waals surface area contributed by atoms with E-state index in [1.54, 1.807) is 17.1 Å². The summed E-state index contributed by atoms with van der Waals surface area (Å²) in [6.07, 6.45) is -4.53. The number of hydrazine groups is 1. The Morgan fingerprint density at radius 1 is 1.19 bits per heavy atom. The Kier molecular flexibility index (Phi) is 7.08. The van der Waals surface area contributed by atoms with Gasteiger partial charge in [-0.1, -0.05) is 12.1 Å². The van der Waals surface area contributed by atoms with Gasteiger partial charge in [0.25, 0.3) is 0 Å². The highest BCUT2D eigenvalue weighted by molar-refractivity contribution is 5.82. The molecule has 4 N–H and O–H groups in total. The molecule has 4 fully saturated rings. The number of nitrogens with zero attached hydrogens (tertiary/aromatic N) is 2. The highest BCUT2D eigenvalue weighted by Gasteiger charge is 2.58. The van der Waals surface area contributed by atoms with Crippen LogP contribution in [0.25, 0.3) is 0 Å². The van der Waals surface area contributed by atoms with Gasteiger partial charge in [-0.15, -0.1) is 0 Å². The molecule has 0 bridgehead atoms. The number of carbonyl (C=O) groups excluding carboxylic acids is 1. The molecule has 0 aromatic heterocycles. The number of nitrogens with one attached hydrogen (secondary N) is 4. The quantitative estimate of drug-likeness (QED) is 0.440. The van der Waals surface area contributed by atoms with Gasteiger partial charge < -0.3 is 15.4 Å². The number of halogens is 4. The monoisotopic (exact) mass is 524 g/mol. The van der Waals surface area contributed by atoms with Gasteiger partial charge in [-0.05, 0) is 56.3 Å². The third-order valence-corrected chi connectivity index (χ3v) is 8.41. The molecular weight excluding hydrogens is 492 g/mol. The van der Waals surface area contributed by atoms with Crippen molar-refractivity contribution in [3.8, 4) is 6.07 Å². The topological polar surface area (TPSA) is 101 Å². The molecule has 1 aromatic carbocycles. The molecule has 1 aromatic rings. The van der Waals surface area contributed by atoms with E-state index in [-0.39, 0.29) is 37.0 Å². The third kappa shape index (κ3) is 4.46. The lowest BCUT2D eigenvalue weighted by molar-refractivity contribution is -0.207. The lowest BCUT2D eigenvalue weighted by Gasteiger charge is -2.48. The van der Waals surface area contributed by atoms with Crippen LogP contribution in [0, 0.1) is 17.2 Å². The smallest absolute Gasteiger partial charge is 0.378 e. The second-order valence-corrected chi connectivity index (χ2v) is 10.4. The number of hydrogen-bond donors (Lipinski definition) is 4. The van der Waals surface area contributed by atoms with Gasteiger partial charge >= 0.3 is 6.18 Å². The Labute approximate surface area is 213 Å². The van der Waals surface area contributed by atoms with Crippen molar-refractivity contribution in [2.45, 2.75) is 74.2 Å². The summed E-state index contributed by atoms with van der Waals surface area (Å²) in [5, 5.41) is 20.1. The van der Waals surface area contributed by atoms with Gasteiger partial charge in [0.1, 0.15) is 17.9 Å². The van der Waals surface area contributed by atoms with Crippen molar-refractivity contribution < 1.29 is 27.1 Å². The van der Waals surface area contributed by atoms with E-state index < -0.39 is 35.5 Å². The number of rotatable bonds is 5. The van der Waals surface area contributed by atoms with Crippen LogP contribution >= 0.6 is 0 Å². The zero-order chi connectivity index (χ0) is 26.3. The molecule has 8 nitrogen and oxygen atoms in total. The van der Waals surface area contributed by atoms with Gasteiger partial charge in [-0.25, -0.2) is 14.8 Å². The number of piperidine rings is 2. The number of ether oxygens (including phenoxy) is 1. The van der Waals surface area contributed by atoms with Crippen LogP contribution in [0.5, 0.6) is 0 Å². The van der Waals surface area contributed by atoms with Gasteiger partial charge in [0.05, 0.1) is 30.6 Å². The van der Waals surface area contributed by atoms with Crippen LogP contribution in [-0.4, -0.2) is 67.3 Å². The Bertz CT molecular complexity index is 1030. The summed E-state index contributed by atoms with van der Waals surface area (Å²) in [5.41, 5.74) is 0.732.